The number of phenols is 1. The van der Waals surface area contributed by atoms with Crippen molar-refractivity contribution in [1.29, 1.82) is 0 Å². The zero-order chi connectivity index (χ0) is 19.5. The van der Waals surface area contributed by atoms with Gasteiger partial charge in [-0.1, -0.05) is 35.9 Å². The first-order chi connectivity index (χ1) is 13.6. The lowest BCUT2D eigenvalue weighted by molar-refractivity contribution is -0.130. The van der Waals surface area contributed by atoms with Crippen molar-refractivity contribution in [3.05, 3.63) is 65.2 Å². The van der Waals surface area contributed by atoms with E-state index >= 15 is 0 Å². The summed E-state index contributed by atoms with van der Waals surface area (Å²) in [5.74, 6) is 0.395. The number of rotatable bonds is 4. The predicted molar refractivity (Wildman–Crippen MR) is 113 cm³/mol. The molecular formula is C22H23N3O2S. The lowest BCUT2D eigenvalue weighted by Gasteiger charge is -2.36. The Labute approximate surface area is 168 Å². The number of anilines is 1. The second kappa shape index (κ2) is 8.02. The van der Waals surface area contributed by atoms with Gasteiger partial charge in [0.2, 0.25) is 5.91 Å². The van der Waals surface area contributed by atoms with Crippen LogP contribution in [0.1, 0.15) is 11.3 Å². The van der Waals surface area contributed by atoms with E-state index in [0.29, 0.717) is 19.5 Å². The molecular weight excluding hydrogens is 370 g/mol. The molecule has 2 heterocycles. The minimum atomic E-state index is 0.109. The lowest BCUT2D eigenvalue weighted by Crippen LogP contribution is -2.49. The maximum atomic E-state index is 12.7. The highest BCUT2D eigenvalue weighted by atomic mass is 32.1. The fraction of sp³-hybridized carbons (Fsp3) is 0.273. The molecule has 1 aromatic heterocycles. The van der Waals surface area contributed by atoms with Crippen molar-refractivity contribution < 1.29 is 9.90 Å². The molecule has 5 nitrogen and oxygen atoms in total. The molecule has 0 spiro atoms. The number of piperazine rings is 1. The first kappa shape index (κ1) is 18.5. The lowest BCUT2D eigenvalue weighted by atomic mass is 10.1. The van der Waals surface area contributed by atoms with Crippen molar-refractivity contribution in [3.63, 3.8) is 0 Å². The number of hydrogen-bond donors (Lipinski definition) is 1. The van der Waals surface area contributed by atoms with Gasteiger partial charge in [0.25, 0.3) is 0 Å². The highest BCUT2D eigenvalue weighted by Crippen LogP contribution is 2.28. The van der Waals surface area contributed by atoms with E-state index in [1.54, 1.807) is 17.4 Å². The number of carbonyl (C=O) groups excluding carboxylic acids is 1. The van der Waals surface area contributed by atoms with Crippen molar-refractivity contribution in [1.82, 2.24) is 9.88 Å². The number of aromatic hydroxyl groups is 1. The van der Waals surface area contributed by atoms with E-state index in [1.165, 1.54) is 5.56 Å². The first-order valence-corrected chi connectivity index (χ1v) is 10.3. The van der Waals surface area contributed by atoms with E-state index in [0.717, 1.165) is 35.0 Å². The third-order valence-corrected chi connectivity index (χ3v) is 5.94. The maximum Gasteiger partial charge on any atom is 0.228 e. The molecule has 0 saturated carbocycles. The maximum absolute atomic E-state index is 12.7. The van der Waals surface area contributed by atoms with E-state index in [4.69, 9.17) is 0 Å². The van der Waals surface area contributed by atoms with Crippen LogP contribution in [-0.2, 0) is 11.2 Å². The summed E-state index contributed by atoms with van der Waals surface area (Å²) in [6.07, 6.45) is 0.332. The molecule has 0 atom stereocenters. The molecule has 3 aromatic rings. The van der Waals surface area contributed by atoms with Crippen LogP contribution in [-0.4, -0.2) is 47.1 Å². The van der Waals surface area contributed by atoms with Gasteiger partial charge in [0.05, 0.1) is 17.8 Å². The second-order valence-electron chi connectivity index (χ2n) is 7.05. The summed E-state index contributed by atoms with van der Waals surface area (Å²) in [7, 11) is 0. The minimum Gasteiger partial charge on any atom is -0.506 e. The standard InChI is InChI=1S/C22H23N3O2S/c1-16-5-4-6-17(13-16)22-23-18(15-28-22)14-21(27)25-11-9-24(10-12-25)19-7-2-3-8-20(19)26/h2-8,13,15,26H,9-12,14H2,1H3. The predicted octanol–water partition coefficient (Wildman–Crippen LogP) is 3.72. The number of thiazole rings is 1. The molecule has 1 fully saturated rings. The Hall–Kier alpha value is -2.86. The molecule has 1 aliphatic rings. The summed E-state index contributed by atoms with van der Waals surface area (Å²) in [6.45, 7) is 4.81. The summed E-state index contributed by atoms with van der Waals surface area (Å²) < 4.78 is 0. The molecule has 2 aromatic carbocycles. The molecule has 0 unspecified atom stereocenters. The van der Waals surface area contributed by atoms with E-state index in [9.17, 15) is 9.90 Å². The van der Waals surface area contributed by atoms with Gasteiger partial charge >= 0.3 is 0 Å². The van der Waals surface area contributed by atoms with Gasteiger partial charge in [-0.2, -0.15) is 0 Å². The Morgan fingerprint density at radius 2 is 1.89 bits per heavy atom. The number of para-hydroxylation sites is 2. The number of aromatic nitrogens is 1. The Bertz CT molecular complexity index is 977. The van der Waals surface area contributed by atoms with Crippen molar-refractivity contribution in [2.24, 2.45) is 0 Å². The second-order valence-corrected chi connectivity index (χ2v) is 7.90. The highest BCUT2D eigenvalue weighted by Gasteiger charge is 2.23. The van der Waals surface area contributed by atoms with Gasteiger partial charge < -0.3 is 14.9 Å². The van der Waals surface area contributed by atoms with Gasteiger partial charge in [-0.15, -0.1) is 11.3 Å². The molecule has 144 valence electrons. The highest BCUT2D eigenvalue weighted by molar-refractivity contribution is 7.13. The average molecular weight is 394 g/mol. The smallest absolute Gasteiger partial charge is 0.228 e. The number of benzene rings is 2. The van der Waals surface area contributed by atoms with Gasteiger partial charge in [-0.05, 0) is 25.1 Å². The number of phenolic OH excluding ortho intramolecular Hbond substituents is 1. The zero-order valence-corrected chi connectivity index (χ0v) is 16.7. The van der Waals surface area contributed by atoms with Crippen LogP contribution in [0.5, 0.6) is 5.75 Å². The van der Waals surface area contributed by atoms with Crippen LogP contribution >= 0.6 is 11.3 Å². The van der Waals surface area contributed by atoms with Crippen molar-refractivity contribution in [2.45, 2.75) is 13.3 Å². The van der Waals surface area contributed by atoms with E-state index in [2.05, 4.69) is 35.0 Å². The Morgan fingerprint density at radius 3 is 2.64 bits per heavy atom. The third kappa shape index (κ3) is 4.02. The molecule has 0 bridgehead atoms. The van der Waals surface area contributed by atoms with Crippen LogP contribution in [0.2, 0.25) is 0 Å². The number of nitrogens with zero attached hydrogens (tertiary/aromatic N) is 3. The minimum absolute atomic E-state index is 0.109. The molecule has 0 aliphatic carbocycles. The van der Waals surface area contributed by atoms with Crippen LogP contribution in [0.3, 0.4) is 0 Å². The SMILES string of the molecule is Cc1cccc(-c2nc(CC(=O)N3CCN(c4ccccc4O)CC3)cs2)c1. The molecule has 1 N–H and O–H groups in total. The topological polar surface area (TPSA) is 56.7 Å². The molecule has 6 heteroatoms. The molecule has 28 heavy (non-hydrogen) atoms. The third-order valence-electron chi connectivity index (χ3n) is 5.00. The summed E-state index contributed by atoms with van der Waals surface area (Å²) in [5.41, 5.74) is 3.96. The monoisotopic (exact) mass is 393 g/mol. The van der Waals surface area contributed by atoms with Gasteiger partial charge in [0, 0.05) is 37.1 Å². The van der Waals surface area contributed by atoms with Crippen LogP contribution < -0.4 is 4.90 Å². The Morgan fingerprint density at radius 1 is 1.11 bits per heavy atom. The Kier molecular flexibility index (Phi) is 5.30. The number of amides is 1. The normalized spacial score (nSPS) is 14.3. The first-order valence-electron chi connectivity index (χ1n) is 9.42. The van der Waals surface area contributed by atoms with Crippen molar-refractivity contribution in [2.75, 3.05) is 31.1 Å². The van der Waals surface area contributed by atoms with E-state index < -0.39 is 0 Å². The fourth-order valence-electron chi connectivity index (χ4n) is 3.49. The van der Waals surface area contributed by atoms with Crippen molar-refractivity contribution >= 4 is 22.9 Å². The zero-order valence-electron chi connectivity index (χ0n) is 15.8. The van der Waals surface area contributed by atoms with Crippen LogP contribution in [0.4, 0.5) is 5.69 Å². The van der Waals surface area contributed by atoms with E-state index in [-0.39, 0.29) is 11.7 Å². The van der Waals surface area contributed by atoms with E-state index in [1.807, 2.05) is 34.5 Å². The van der Waals surface area contributed by atoms with Crippen LogP contribution in [0.15, 0.2) is 53.9 Å². The van der Waals surface area contributed by atoms with Gasteiger partial charge in [-0.25, -0.2) is 4.98 Å². The van der Waals surface area contributed by atoms with Gasteiger partial charge in [0.1, 0.15) is 10.8 Å². The van der Waals surface area contributed by atoms with Crippen LogP contribution in [0, 0.1) is 6.92 Å². The Balaban J connectivity index is 1.36. The molecule has 0 radical (unpaired) electrons. The molecule has 1 amide bonds. The summed E-state index contributed by atoms with van der Waals surface area (Å²) >= 11 is 1.58. The fourth-order valence-corrected chi connectivity index (χ4v) is 4.31. The quantitative estimate of drug-likeness (QED) is 0.734. The number of carbonyl (C=O) groups is 1. The summed E-state index contributed by atoms with van der Waals surface area (Å²) in [4.78, 5) is 21.4. The number of hydrogen-bond acceptors (Lipinski definition) is 5. The van der Waals surface area contributed by atoms with Crippen molar-refractivity contribution in [3.8, 4) is 16.3 Å². The van der Waals surface area contributed by atoms with Gasteiger partial charge in [-0.3, -0.25) is 4.79 Å². The summed E-state index contributed by atoms with van der Waals surface area (Å²) in [6, 6.07) is 15.6. The average Bonchev–Trinajstić information content (AvgIpc) is 3.17. The number of aryl methyl sites for hydroxylation is 1. The largest absolute Gasteiger partial charge is 0.506 e. The molecule has 1 saturated heterocycles. The molecule has 4 rings (SSSR count). The van der Waals surface area contributed by atoms with Crippen LogP contribution in [0.25, 0.3) is 10.6 Å². The summed E-state index contributed by atoms with van der Waals surface area (Å²) in [5, 5.41) is 13.0. The molecule has 1 aliphatic heterocycles. The van der Waals surface area contributed by atoms with Gasteiger partial charge in [0.15, 0.2) is 0 Å².